The first-order valence-corrected chi connectivity index (χ1v) is 26.6. The summed E-state index contributed by atoms with van der Waals surface area (Å²) in [6.45, 7) is 6.50. The van der Waals surface area contributed by atoms with Gasteiger partial charge in [0.15, 0.2) is 6.10 Å². The first-order chi connectivity index (χ1) is 30.5. The molecule has 0 rings (SSSR count). The average Bonchev–Trinajstić information content (AvgIpc) is 3.27. The molecule has 0 aliphatic carbocycles. The molecule has 0 amide bonds. The maximum atomic E-state index is 12.7. The summed E-state index contributed by atoms with van der Waals surface area (Å²) in [6, 6.07) is 0. The summed E-state index contributed by atoms with van der Waals surface area (Å²) >= 11 is 0. The van der Waals surface area contributed by atoms with Gasteiger partial charge in [-0.3, -0.25) is 14.4 Å². The zero-order chi connectivity index (χ0) is 45.1. The number of allylic oxidation sites excluding steroid dienone is 8. The fraction of sp³-hybridized carbons (Fsp3) is 0.804. The molecular weight excluding hydrogens is 769 g/mol. The second-order valence-corrected chi connectivity index (χ2v) is 17.8. The van der Waals surface area contributed by atoms with Gasteiger partial charge in [0.1, 0.15) is 13.2 Å². The molecule has 1 atom stereocenters. The zero-order valence-electron chi connectivity index (χ0n) is 41.1. The normalized spacial score (nSPS) is 12.4. The number of ether oxygens (including phenoxy) is 3. The minimum atomic E-state index is -0.775. The van der Waals surface area contributed by atoms with Gasteiger partial charge in [-0.1, -0.05) is 223 Å². The SMILES string of the molecule is CCCC/C=C\C/C=C\CCCCCCCC(=O)OC(COC(=O)CCCCCCC)COC(=O)CCCCCCCCCCCCCCC/C=C\C/C=C\CCCCCCC. The van der Waals surface area contributed by atoms with Crippen molar-refractivity contribution in [3.63, 3.8) is 0 Å². The highest BCUT2D eigenvalue weighted by molar-refractivity contribution is 5.71. The highest BCUT2D eigenvalue weighted by Crippen LogP contribution is 2.15. The molecule has 0 saturated carbocycles. The lowest BCUT2D eigenvalue weighted by atomic mass is 10.0. The van der Waals surface area contributed by atoms with Crippen LogP contribution in [0.4, 0.5) is 0 Å². The first-order valence-electron chi connectivity index (χ1n) is 26.6. The van der Waals surface area contributed by atoms with Crippen LogP contribution in [0.25, 0.3) is 0 Å². The predicted molar refractivity (Wildman–Crippen MR) is 265 cm³/mol. The molecule has 0 saturated heterocycles. The number of unbranched alkanes of at least 4 members (excludes halogenated alkanes) is 29. The summed E-state index contributed by atoms with van der Waals surface area (Å²) in [5.41, 5.74) is 0. The quantitative estimate of drug-likeness (QED) is 0.0262. The van der Waals surface area contributed by atoms with E-state index in [1.54, 1.807) is 0 Å². The summed E-state index contributed by atoms with van der Waals surface area (Å²) < 4.78 is 16.7. The lowest BCUT2D eigenvalue weighted by Gasteiger charge is -2.18. The van der Waals surface area contributed by atoms with Crippen molar-refractivity contribution in [2.24, 2.45) is 0 Å². The molecule has 62 heavy (non-hydrogen) atoms. The number of hydrogen-bond acceptors (Lipinski definition) is 6. The van der Waals surface area contributed by atoms with E-state index in [0.717, 1.165) is 96.3 Å². The van der Waals surface area contributed by atoms with E-state index < -0.39 is 6.10 Å². The largest absolute Gasteiger partial charge is 0.462 e. The van der Waals surface area contributed by atoms with Crippen LogP contribution in [-0.4, -0.2) is 37.2 Å². The van der Waals surface area contributed by atoms with Gasteiger partial charge in [-0.15, -0.1) is 0 Å². The number of hydrogen-bond donors (Lipinski definition) is 0. The maximum Gasteiger partial charge on any atom is 0.306 e. The molecule has 0 aromatic heterocycles. The third-order valence-electron chi connectivity index (χ3n) is 11.6. The van der Waals surface area contributed by atoms with E-state index >= 15 is 0 Å². The van der Waals surface area contributed by atoms with Crippen molar-refractivity contribution >= 4 is 17.9 Å². The molecule has 0 radical (unpaired) electrons. The highest BCUT2D eigenvalue weighted by Gasteiger charge is 2.19. The summed E-state index contributed by atoms with van der Waals surface area (Å²) in [5, 5.41) is 0. The third kappa shape index (κ3) is 48.4. The van der Waals surface area contributed by atoms with Crippen molar-refractivity contribution < 1.29 is 28.6 Å². The van der Waals surface area contributed by atoms with Crippen LogP contribution in [0.5, 0.6) is 0 Å². The predicted octanol–water partition coefficient (Wildman–Crippen LogP) is 17.5. The van der Waals surface area contributed by atoms with Crippen LogP contribution in [0.1, 0.15) is 271 Å². The maximum absolute atomic E-state index is 12.7. The Bertz CT molecular complexity index is 1090. The average molecular weight is 869 g/mol. The molecule has 0 heterocycles. The van der Waals surface area contributed by atoms with Crippen molar-refractivity contribution in [3.8, 4) is 0 Å². The van der Waals surface area contributed by atoms with Crippen LogP contribution >= 0.6 is 0 Å². The van der Waals surface area contributed by atoms with Gasteiger partial charge in [0.2, 0.25) is 0 Å². The second-order valence-electron chi connectivity index (χ2n) is 17.8. The van der Waals surface area contributed by atoms with Crippen molar-refractivity contribution in [1.82, 2.24) is 0 Å². The monoisotopic (exact) mass is 869 g/mol. The number of carbonyl (C=O) groups is 3. The Morgan fingerprint density at radius 2 is 0.597 bits per heavy atom. The van der Waals surface area contributed by atoms with E-state index in [-0.39, 0.29) is 31.1 Å². The molecule has 0 fully saturated rings. The molecule has 0 N–H and O–H groups in total. The molecule has 0 aromatic rings. The minimum Gasteiger partial charge on any atom is -0.462 e. The lowest BCUT2D eigenvalue weighted by Crippen LogP contribution is -2.30. The highest BCUT2D eigenvalue weighted by atomic mass is 16.6. The summed E-state index contributed by atoms with van der Waals surface area (Å²) in [7, 11) is 0. The van der Waals surface area contributed by atoms with Gasteiger partial charge in [-0.05, 0) is 77.0 Å². The molecule has 0 bridgehead atoms. The molecule has 6 heteroatoms. The molecule has 6 nitrogen and oxygen atoms in total. The van der Waals surface area contributed by atoms with Gasteiger partial charge in [-0.2, -0.15) is 0 Å². The van der Waals surface area contributed by atoms with E-state index in [9.17, 15) is 14.4 Å². The fourth-order valence-electron chi connectivity index (χ4n) is 7.49. The summed E-state index contributed by atoms with van der Waals surface area (Å²) in [5.74, 6) is -0.901. The van der Waals surface area contributed by atoms with Gasteiger partial charge < -0.3 is 14.2 Å². The van der Waals surface area contributed by atoms with Crippen LogP contribution in [0.2, 0.25) is 0 Å². The Morgan fingerprint density at radius 1 is 0.323 bits per heavy atom. The van der Waals surface area contributed by atoms with Gasteiger partial charge in [0.05, 0.1) is 0 Å². The van der Waals surface area contributed by atoms with Crippen LogP contribution in [0.3, 0.4) is 0 Å². The Labute approximate surface area is 384 Å². The molecular formula is C56H100O6. The van der Waals surface area contributed by atoms with Crippen LogP contribution in [0.15, 0.2) is 48.6 Å². The Kier molecular flexibility index (Phi) is 48.8. The fourth-order valence-corrected chi connectivity index (χ4v) is 7.49. The molecule has 360 valence electrons. The third-order valence-corrected chi connectivity index (χ3v) is 11.6. The van der Waals surface area contributed by atoms with Gasteiger partial charge in [0.25, 0.3) is 0 Å². The Morgan fingerprint density at radius 3 is 0.935 bits per heavy atom. The molecule has 0 aliphatic rings. The van der Waals surface area contributed by atoms with Crippen molar-refractivity contribution in [1.29, 1.82) is 0 Å². The second kappa shape index (κ2) is 51.0. The molecule has 0 spiro atoms. The summed E-state index contributed by atoms with van der Waals surface area (Å²) in [4.78, 5) is 37.6. The van der Waals surface area contributed by atoms with Crippen molar-refractivity contribution in [2.45, 2.75) is 277 Å². The van der Waals surface area contributed by atoms with Crippen LogP contribution < -0.4 is 0 Å². The van der Waals surface area contributed by atoms with E-state index in [4.69, 9.17) is 14.2 Å². The van der Waals surface area contributed by atoms with Gasteiger partial charge >= 0.3 is 17.9 Å². The van der Waals surface area contributed by atoms with E-state index in [2.05, 4.69) is 69.4 Å². The van der Waals surface area contributed by atoms with Crippen LogP contribution in [0, 0.1) is 0 Å². The van der Waals surface area contributed by atoms with Crippen molar-refractivity contribution in [3.05, 3.63) is 48.6 Å². The lowest BCUT2D eigenvalue weighted by molar-refractivity contribution is -0.167. The zero-order valence-corrected chi connectivity index (χ0v) is 41.1. The topological polar surface area (TPSA) is 78.9 Å². The molecule has 0 aromatic carbocycles. The Hall–Kier alpha value is -2.63. The molecule has 1 unspecified atom stereocenters. The molecule has 0 aliphatic heterocycles. The van der Waals surface area contributed by atoms with Gasteiger partial charge in [0, 0.05) is 19.3 Å². The van der Waals surface area contributed by atoms with Gasteiger partial charge in [-0.25, -0.2) is 0 Å². The minimum absolute atomic E-state index is 0.0782. The van der Waals surface area contributed by atoms with Crippen molar-refractivity contribution in [2.75, 3.05) is 13.2 Å². The number of esters is 3. The standard InChI is InChI=1S/C56H100O6/c1-4-7-10-13-15-17-19-21-23-24-25-26-27-28-29-30-31-32-33-35-36-38-40-43-46-49-55(58)61-52-53(51-60-54(57)48-45-42-12-9-6-3)62-56(59)50-47-44-41-39-37-34-22-20-18-16-14-11-8-5-2/h14,16,19-22,24-25,53H,4-13,15,17-18,23,26-52H2,1-3H3/b16-14-,21-19-,22-20-,25-24-. The number of rotatable bonds is 48. The first kappa shape index (κ1) is 59.4. The summed E-state index contributed by atoms with van der Waals surface area (Å²) in [6.07, 6.45) is 61.4. The number of carbonyl (C=O) groups excluding carboxylic acids is 3. The van der Waals surface area contributed by atoms with E-state index in [1.165, 1.54) is 135 Å². The smallest absolute Gasteiger partial charge is 0.306 e. The Balaban J connectivity index is 4.06. The van der Waals surface area contributed by atoms with E-state index in [0.29, 0.717) is 19.3 Å². The van der Waals surface area contributed by atoms with E-state index in [1.807, 2.05) is 0 Å². The van der Waals surface area contributed by atoms with Crippen LogP contribution in [-0.2, 0) is 28.6 Å².